The molecule has 0 amide bonds. The third-order valence-electron chi connectivity index (χ3n) is 4.07. The van der Waals surface area contributed by atoms with E-state index in [0.29, 0.717) is 26.3 Å². The van der Waals surface area contributed by atoms with E-state index in [1.165, 1.54) is 4.31 Å². The van der Waals surface area contributed by atoms with Crippen LogP contribution in [0.25, 0.3) is 0 Å². The predicted octanol–water partition coefficient (Wildman–Crippen LogP) is 1.66. The molecule has 0 spiro atoms. The van der Waals surface area contributed by atoms with Crippen molar-refractivity contribution in [2.45, 2.75) is 25.8 Å². The lowest BCUT2D eigenvalue weighted by atomic mass is 10.2. The van der Waals surface area contributed by atoms with E-state index in [4.69, 9.17) is 9.47 Å². The van der Waals surface area contributed by atoms with Gasteiger partial charge in [-0.1, -0.05) is 17.7 Å². The van der Waals surface area contributed by atoms with Gasteiger partial charge in [0.25, 0.3) is 10.2 Å². The first-order valence-corrected chi connectivity index (χ1v) is 9.26. The van der Waals surface area contributed by atoms with Crippen LogP contribution in [0.1, 0.15) is 18.4 Å². The highest BCUT2D eigenvalue weighted by Gasteiger charge is 2.36. The van der Waals surface area contributed by atoms with Crippen molar-refractivity contribution in [1.29, 1.82) is 0 Å². The highest BCUT2D eigenvalue weighted by molar-refractivity contribution is 7.86. The van der Waals surface area contributed by atoms with Gasteiger partial charge in [-0.25, -0.2) is 0 Å². The number of rotatable bonds is 8. The summed E-state index contributed by atoms with van der Waals surface area (Å²) in [6.07, 6.45) is 1.72. The van der Waals surface area contributed by atoms with Crippen LogP contribution >= 0.6 is 0 Å². The Morgan fingerprint density at radius 1 is 1.30 bits per heavy atom. The Balaban J connectivity index is 1.88. The molecule has 1 aliphatic heterocycles. The summed E-state index contributed by atoms with van der Waals surface area (Å²) in [5, 5.41) is 0. The normalized spacial score (nSPS) is 19.4. The summed E-state index contributed by atoms with van der Waals surface area (Å²) in [6.45, 7) is 3.64. The number of benzene rings is 1. The third-order valence-corrected chi connectivity index (χ3v) is 6.11. The molecule has 0 aromatic heterocycles. The standard InChI is InChI=1S/C16H26N2O4S/c1-14-6-8-16(9-7-14)22-12-11-17(2)23(19,20)18-10-4-5-15(18)13-21-3/h6-9,15H,4-5,10-13H2,1-3H3. The summed E-state index contributed by atoms with van der Waals surface area (Å²) in [7, 11) is -0.272. The number of likely N-dealkylation sites (N-methyl/N-ethyl adjacent to an activating group) is 1. The molecule has 7 heteroatoms. The number of nitrogens with zero attached hydrogens (tertiary/aromatic N) is 2. The van der Waals surface area contributed by atoms with Crippen LogP contribution in [0.15, 0.2) is 24.3 Å². The maximum atomic E-state index is 12.6. The fourth-order valence-electron chi connectivity index (χ4n) is 2.69. The van der Waals surface area contributed by atoms with Gasteiger partial charge in [-0.2, -0.15) is 17.0 Å². The first kappa shape index (κ1) is 18.2. The molecule has 1 heterocycles. The van der Waals surface area contributed by atoms with Gasteiger partial charge in [-0.3, -0.25) is 0 Å². The summed E-state index contributed by atoms with van der Waals surface area (Å²) in [5.74, 6) is 0.750. The van der Waals surface area contributed by atoms with Crippen molar-refractivity contribution >= 4 is 10.2 Å². The zero-order valence-electron chi connectivity index (χ0n) is 14.1. The van der Waals surface area contributed by atoms with E-state index >= 15 is 0 Å². The first-order valence-electron chi connectivity index (χ1n) is 7.86. The molecule has 0 aliphatic carbocycles. The van der Waals surface area contributed by atoms with Crippen molar-refractivity contribution < 1.29 is 17.9 Å². The Hall–Kier alpha value is -1.15. The fourth-order valence-corrected chi connectivity index (χ4v) is 4.26. The second kappa shape index (κ2) is 8.10. The molecule has 1 aromatic carbocycles. The third kappa shape index (κ3) is 4.67. The fraction of sp³-hybridized carbons (Fsp3) is 0.625. The van der Waals surface area contributed by atoms with Crippen LogP contribution in [0.4, 0.5) is 0 Å². The number of hydrogen-bond donors (Lipinski definition) is 0. The van der Waals surface area contributed by atoms with E-state index in [1.807, 2.05) is 31.2 Å². The first-order chi connectivity index (χ1) is 10.9. The van der Waals surface area contributed by atoms with Gasteiger partial charge in [0.2, 0.25) is 0 Å². The predicted molar refractivity (Wildman–Crippen MR) is 89.8 cm³/mol. The van der Waals surface area contributed by atoms with Crippen LogP contribution in [-0.2, 0) is 14.9 Å². The van der Waals surface area contributed by atoms with Gasteiger partial charge in [-0.05, 0) is 31.9 Å². The minimum Gasteiger partial charge on any atom is -0.492 e. The second-order valence-corrected chi connectivity index (χ2v) is 7.84. The van der Waals surface area contributed by atoms with E-state index in [1.54, 1.807) is 18.5 Å². The zero-order chi connectivity index (χ0) is 16.9. The Bertz CT molecular complexity index is 589. The summed E-state index contributed by atoms with van der Waals surface area (Å²) in [5.41, 5.74) is 1.16. The lowest BCUT2D eigenvalue weighted by molar-refractivity contribution is 0.146. The smallest absolute Gasteiger partial charge is 0.282 e. The quantitative estimate of drug-likeness (QED) is 0.721. The van der Waals surface area contributed by atoms with Crippen molar-refractivity contribution in [3.05, 3.63) is 29.8 Å². The van der Waals surface area contributed by atoms with E-state index in [-0.39, 0.29) is 6.04 Å². The molecular formula is C16H26N2O4S. The van der Waals surface area contributed by atoms with E-state index in [9.17, 15) is 8.42 Å². The molecule has 1 atom stereocenters. The van der Waals surface area contributed by atoms with Gasteiger partial charge >= 0.3 is 0 Å². The molecule has 1 unspecified atom stereocenters. The molecule has 6 nitrogen and oxygen atoms in total. The highest BCUT2D eigenvalue weighted by atomic mass is 32.2. The average Bonchev–Trinajstić information content (AvgIpc) is 2.98. The number of aryl methyl sites for hydroxylation is 1. The largest absolute Gasteiger partial charge is 0.492 e. The van der Waals surface area contributed by atoms with E-state index in [0.717, 1.165) is 24.2 Å². The summed E-state index contributed by atoms with van der Waals surface area (Å²) in [6, 6.07) is 7.65. The topological polar surface area (TPSA) is 59.1 Å². The van der Waals surface area contributed by atoms with Crippen LogP contribution in [0.2, 0.25) is 0 Å². The van der Waals surface area contributed by atoms with Crippen LogP contribution in [0, 0.1) is 6.92 Å². The van der Waals surface area contributed by atoms with Crippen LogP contribution in [-0.4, -0.2) is 63.5 Å². The average molecular weight is 342 g/mol. The summed E-state index contributed by atoms with van der Waals surface area (Å²) >= 11 is 0. The maximum absolute atomic E-state index is 12.6. The van der Waals surface area contributed by atoms with E-state index in [2.05, 4.69) is 0 Å². The van der Waals surface area contributed by atoms with Crippen molar-refractivity contribution in [2.75, 3.05) is 40.5 Å². The Morgan fingerprint density at radius 2 is 2.00 bits per heavy atom. The Kier molecular flexibility index (Phi) is 6.41. The van der Waals surface area contributed by atoms with Crippen molar-refractivity contribution in [2.24, 2.45) is 0 Å². The molecule has 0 radical (unpaired) electrons. The molecule has 1 fully saturated rings. The van der Waals surface area contributed by atoms with Gasteiger partial charge in [-0.15, -0.1) is 0 Å². The summed E-state index contributed by atoms with van der Waals surface area (Å²) in [4.78, 5) is 0. The second-order valence-electron chi connectivity index (χ2n) is 5.85. The van der Waals surface area contributed by atoms with E-state index < -0.39 is 10.2 Å². The Labute approximate surface area is 139 Å². The Morgan fingerprint density at radius 3 is 2.65 bits per heavy atom. The highest BCUT2D eigenvalue weighted by Crippen LogP contribution is 2.23. The molecule has 23 heavy (non-hydrogen) atoms. The van der Waals surface area contributed by atoms with Crippen molar-refractivity contribution in [3.63, 3.8) is 0 Å². The van der Waals surface area contributed by atoms with Gasteiger partial charge in [0, 0.05) is 33.3 Å². The molecule has 2 rings (SSSR count). The molecule has 1 aliphatic rings. The summed E-state index contributed by atoms with van der Waals surface area (Å²) < 4.78 is 38.9. The number of hydrogen-bond acceptors (Lipinski definition) is 4. The molecule has 0 bridgehead atoms. The molecule has 0 N–H and O–H groups in total. The number of methoxy groups -OCH3 is 1. The lowest BCUT2D eigenvalue weighted by Crippen LogP contribution is -2.46. The molecule has 130 valence electrons. The van der Waals surface area contributed by atoms with Crippen LogP contribution in [0.3, 0.4) is 0 Å². The monoisotopic (exact) mass is 342 g/mol. The zero-order valence-corrected chi connectivity index (χ0v) is 14.9. The van der Waals surface area contributed by atoms with Crippen LogP contribution < -0.4 is 4.74 Å². The van der Waals surface area contributed by atoms with Gasteiger partial charge < -0.3 is 9.47 Å². The molecular weight excluding hydrogens is 316 g/mol. The minimum absolute atomic E-state index is 0.0644. The van der Waals surface area contributed by atoms with Gasteiger partial charge in [0.1, 0.15) is 12.4 Å². The molecule has 0 saturated carbocycles. The lowest BCUT2D eigenvalue weighted by Gasteiger charge is -2.28. The SMILES string of the molecule is COCC1CCCN1S(=O)(=O)N(C)CCOc1ccc(C)cc1. The maximum Gasteiger partial charge on any atom is 0.282 e. The van der Waals surface area contributed by atoms with Crippen LogP contribution in [0.5, 0.6) is 5.75 Å². The molecule has 1 aromatic rings. The van der Waals surface area contributed by atoms with Gasteiger partial charge in [0.05, 0.1) is 6.61 Å². The minimum atomic E-state index is -3.46. The molecule has 1 saturated heterocycles. The van der Waals surface area contributed by atoms with Crippen molar-refractivity contribution in [3.8, 4) is 5.75 Å². The van der Waals surface area contributed by atoms with Crippen molar-refractivity contribution in [1.82, 2.24) is 8.61 Å². The van der Waals surface area contributed by atoms with Gasteiger partial charge in [0.15, 0.2) is 0 Å². The number of ether oxygens (including phenoxy) is 2.